The van der Waals surface area contributed by atoms with Crippen LogP contribution in [-0.2, 0) is 4.79 Å². The number of rotatable bonds is 6. The van der Waals surface area contributed by atoms with Crippen LogP contribution in [0.5, 0.6) is 23.0 Å². The number of carbonyl (C=O) groups excluding carboxylic acids is 1. The van der Waals surface area contributed by atoms with E-state index in [1.54, 1.807) is 25.0 Å². The molecule has 1 aromatic heterocycles. The van der Waals surface area contributed by atoms with Gasteiger partial charge in [0.15, 0.2) is 28.8 Å². The van der Waals surface area contributed by atoms with Crippen molar-refractivity contribution in [1.29, 1.82) is 0 Å². The van der Waals surface area contributed by atoms with Crippen LogP contribution in [-0.4, -0.2) is 41.7 Å². The quantitative estimate of drug-likeness (QED) is 0.386. The van der Waals surface area contributed by atoms with Gasteiger partial charge in [0.05, 0.1) is 19.8 Å². The molecule has 10 nitrogen and oxygen atoms in total. The Morgan fingerprint density at radius 1 is 1.00 bits per heavy atom. The van der Waals surface area contributed by atoms with Crippen molar-refractivity contribution in [2.75, 3.05) is 31.6 Å². The fraction of sp³-hybridized carbons (Fsp3) is 0.179. The summed E-state index contributed by atoms with van der Waals surface area (Å²) in [5.74, 6) is 3.16. The Hall–Kier alpha value is -4.99. The molecule has 2 aliphatic rings. The van der Waals surface area contributed by atoms with Crippen LogP contribution in [0, 0.1) is 0 Å². The second-order valence-corrected chi connectivity index (χ2v) is 8.77. The van der Waals surface area contributed by atoms with Crippen LogP contribution in [0.4, 0.5) is 11.6 Å². The van der Waals surface area contributed by atoms with Crippen LogP contribution in [0.15, 0.2) is 78.0 Å². The Morgan fingerprint density at radius 2 is 1.79 bits per heavy atom. The van der Waals surface area contributed by atoms with Gasteiger partial charge in [0.2, 0.25) is 12.7 Å². The zero-order chi connectivity index (χ0) is 26.2. The minimum Gasteiger partial charge on any atom is -0.493 e. The van der Waals surface area contributed by atoms with Gasteiger partial charge in [-0.1, -0.05) is 24.3 Å². The number of ether oxygens (including phenoxy) is 4. The van der Waals surface area contributed by atoms with Crippen LogP contribution < -0.4 is 29.6 Å². The molecule has 6 rings (SSSR count). The van der Waals surface area contributed by atoms with Gasteiger partial charge in [-0.2, -0.15) is 4.98 Å². The second-order valence-electron chi connectivity index (χ2n) is 8.77. The monoisotopic (exact) mass is 511 g/mol. The van der Waals surface area contributed by atoms with E-state index in [0.29, 0.717) is 51.7 Å². The van der Waals surface area contributed by atoms with Crippen molar-refractivity contribution in [3.63, 3.8) is 0 Å². The average molecular weight is 512 g/mol. The van der Waals surface area contributed by atoms with Gasteiger partial charge in [-0.3, -0.25) is 4.79 Å². The summed E-state index contributed by atoms with van der Waals surface area (Å²) in [6, 6.07) is 19.9. The summed E-state index contributed by atoms with van der Waals surface area (Å²) in [7, 11) is 3.16. The Morgan fingerprint density at radius 3 is 2.58 bits per heavy atom. The molecule has 10 heteroatoms. The molecule has 38 heavy (non-hydrogen) atoms. The number of hydrogen-bond donors (Lipinski definition) is 2. The van der Waals surface area contributed by atoms with Gasteiger partial charge < -0.3 is 29.6 Å². The molecular weight excluding hydrogens is 486 g/mol. The van der Waals surface area contributed by atoms with Gasteiger partial charge in [0.25, 0.3) is 5.91 Å². The minimum atomic E-state index is -0.578. The first-order chi connectivity index (χ1) is 18.6. The van der Waals surface area contributed by atoms with Gasteiger partial charge in [-0.15, -0.1) is 5.10 Å². The Bertz CT molecular complexity index is 1560. The van der Waals surface area contributed by atoms with Crippen molar-refractivity contribution in [2.45, 2.75) is 13.0 Å². The van der Waals surface area contributed by atoms with Crippen molar-refractivity contribution in [3.05, 3.63) is 83.6 Å². The van der Waals surface area contributed by atoms with Gasteiger partial charge >= 0.3 is 0 Å². The highest BCUT2D eigenvalue weighted by Crippen LogP contribution is 2.41. The van der Waals surface area contributed by atoms with E-state index in [4.69, 9.17) is 29.0 Å². The van der Waals surface area contributed by atoms with E-state index in [2.05, 4.69) is 10.6 Å². The number of aromatic nitrogens is 3. The van der Waals surface area contributed by atoms with E-state index in [1.165, 1.54) is 0 Å². The molecule has 3 heterocycles. The van der Waals surface area contributed by atoms with Crippen molar-refractivity contribution in [2.24, 2.45) is 0 Å². The lowest BCUT2D eigenvalue weighted by Crippen LogP contribution is -2.31. The normalized spacial score (nSPS) is 15.5. The standard InChI is InChI=1S/C28H25N5O5/c1-16-24(27(34)30-19-7-5-4-6-8-19)25(17-9-12-21-23(13-17)38-15-37-21)33-28(29-16)31-26(32-33)18-10-11-20(35-2)22(14-18)36-3/h4-14,25H,15H2,1-3H3,(H,30,34)(H,29,31,32). The number of anilines is 2. The summed E-state index contributed by atoms with van der Waals surface area (Å²) in [5.41, 5.74) is 3.41. The van der Waals surface area contributed by atoms with Gasteiger partial charge in [-0.05, 0) is 55.0 Å². The lowest BCUT2D eigenvalue weighted by Gasteiger charge is -2.28. The maximum absolute atomic E-state index is 13.7. The molecule has 4 aromatic rings. The predicted octanol–water partition coefficient (Wildman–Crippen LogP) is 4.62. The zero-order valence-electron chi connectivity index (χ0n) is 21.0. The van der Waals surface area contributed by atoms with Crippen LogP contribution in [0.3, 0.4) is 0 Å². The third kappa shape index (κ3) is 4.05. The highest BCUT2D eigenvalue weighted by molar-refractivity contribution is 6.06. The predicted molar refractivity (Wildman–Crippen MR) is 141 cm³/mol. The minimum absolute atomic E-state index is 0.152. The molecule has 2 aliphatic heterocycles. The number of allylic oxidation sites excluding steroid dienone is 1. The maximum Gasteiger partial charge on any atom is 0.255 e. The maximum atomic E-state index is 13.7. The van der Waals surface area contributed by atoms with E-state index in [-0.39, 0.29) is 12.7 Å². The zero-order valence-corrected chi connectivity index (χ0v) is 21.0. The molecule has 1 atom stereocenters. The third-order valence-electron chi connectivity index (χ3n) is 6.48. The van der Waals surface area contributed by atoms with Crippen molar-refractivity contribution in [3.8, 4) is 34.4 Å². The van der Waals surface area contributed by atoms with Crippen LogP contribution in [0.25, 0.3) is 11.4 Å². The molecular formula is C28H25N5O5. The first-order valence-corrected chi connectivity index (χ1v) is 12.0. The first-order valence-electron chi connectivity index (χ1n) is 12.0. The highest BCUT2D eigenvalue weighted by Gasteiger charge is 2.35. The summed E-state index contributed by atoms with van der Waals surface area (Å²) < 4.78 is 23.7. The largest absolute Gasteiger partial charge is 0.493 e. The summed E-state index contributed by atoms with van der Waals surface area (Å²) in [5, 5.41) is 11.1. The van der Waals surface area contributed by atoms with E-state index in [9.17, 15) is 4.79 Å². The molecule has 0 spiro atoms. The van der Waals surface area contributed by atoms with Gasteiger partial charge in [0, 0.05) is 16.9 Å². The average Bonchev–Trinajstić information content (AvgIpc) is 3.59. The van der Waals surface area contributed by atoms with Crippen molar-refractivity contribution < 1.29 is 23.7 Å². The molecule has 0 aliphatic carbocycles. The molecule has 1 unspecified atom stereocenters. The summed E-state index contributed by atoms with van der Waals surface area (Å²) >= 11 is 0. The number of hydrogen-bond acceptors (Lipinski definition) is 8. The lowest BCUT2D eigenvalue weighted by molar-refractivity contribution is -0.113. The molecule has 0 saturated carbocycles. The second kappa shape index (κ2) is 9.47. The molecule has 0 bridgehead atoms. The van der Waals surface area contributed by atoms with Crippen LogP contribution >= 0.6 is 0 Å². The number of carbonyl (C=O) groups is 1. The fourth-order valence-corrected chi connectivity index (χ4v) is 4.65. The first kappa shape index (κ1) is 23.4. The number of nitrogens with one attached hydrogen (secondary N) is 2. The Labute approximate surface area is 218 Å². The number of nitrogens with zero attached hydrogens (tertiary/aromatic N) is 3. The fourth-order valence-electron chi connectivity index (χ4n) is 4.65. The number of fused-ring (bicyclic) bond motifs is 2. The Balaban J connectivity index is 1.45. The van der Waals surface area contributed by atoms with E-state index in [0.717, 1.165) is 11.1 Å². The lowest BCUT2D eigenvalue weighted by atomic mass is 9.94. The number of benzene rings is 3. The molecule has 192 valence electrons. The molecule has 0 fully saturated rings. The summed E-state index contributed by atoms with van der Waals surface area (Å²) in [4.78, 5) is 18.4. The molecule has 0 radical (unpaired) electrons. The Kier molecular flexibility index (Phi) is 5.83. The van der Waals surface area contributed by atoms with Crippen LogP contribution in [0.1, 0.15) is 18.5 Å². The third-order valence-corrected chi connectivity index (χ3v) is 6.48. The van der Waals surface area contributed by atoms with Crippen LogP contribution in [0.2, 0.25) is 0 Å². The highest BCUT2D eigenvalue weighted by atomic mass is 16.7. The number of para-hydroxylation sites is 1. The van der Waals surface area contributed by atoms with E-state index >= 15 is 0 Å². The molecule has 3 aromatic carbocycles. The van der Waals surface area contributed by atoms with E-state index in [1.807, 2.05) is 67.6 Å². The number of amides is 1. The van der Waals surface area contributed by atoms with Crippen molar-refractivity contribution in [1.82, 2.24) is 14.8 Å². The molecule has 2 N–H and O–H groups in total. The van der Waals surface area contributed by atoms with Gasteiger partial charge in [0.1, 0.15) is 6.04 Å². The number of methoxy groups -OCH3 is 2. The summed E-state index contributed by atoms with van der Waals surface area (Å²) in [6.07, 6.45) is 0. The smallest absolute Gasteiger partial charge is 0.255 e. The van der Waals surface area contributed by atoms with Crippen molar-refractivity contribution >= 4 is 17.5 Å². The molecule has 1 amide bonds. The summed E-state index contributed by atoms with van der Waals surface area (Å²) in [6.45, 7) is 2.01. The molecule has 0 saturated heterocycles. The topological polar surface area (TPSA) is 109 Å². The van der Waals surface area contributed by atoms with E-state index < -0.39 is 6.04 Å². The SMILES string of the molecule is COc1ccc(-c2nc3n(n2)C(c2ccc4c(c2)OCO4)C(C(=O)Nc2ccccc2)=C(C)N3)cc1OC. The van der Waals surface area contributed by atoms with Gasteiger partial charge in [-0.25, -0.2) is 4.68 Å².